The van der Waals surface area contributed by atoms with E-state index in [0.29, 0.717) is 17.9 Å². The zero-order chi connectivity index (χ0) is 48.1. The molecule has 1 aliphatic rings. The van der Waals surface area contributed by atoms with E-state index in [2.05, 4.69) is 95.3 Å². The van der Waals surface area contributed by atoms with Gasteiger partial charge in [0.2, 0.25) is 0 Å². The lowest BCUT2D eigenvalue weighted by Crippen LogP contribution is -2.66. The number of ether oxygens (including phenoxy) is 6. The van der Waals surface area contributed by atoms with Crippen molar-refractivity contribution in [2.45, 2.75) is 127 Å². The van der Waals surface area contributed by atoms with E-state index >= 15 is 0 Å². The Morgan fingerprint density at radius 2 is 1.27 bits per heavy atom. The summed E-state index contributed by atoms with van der Waals surface area (Å²) in [6, 6.07) is 48.7. The molecule has 5 aromatic rings. The molecule has 11 heteroatoms. The first-order valence-corrected chi connectivity index (χ1v) is 26.2. The van der Waals surface area contributed by atoms with E-state index in [9.17, 15) is 10.2 Å². The summed E-state index contributed by atoms with van der Waals surface area (Å²) in [5.41, 5.74) is 1.60. The number of benzene rings is 5. The van der Waals surface area contributed by atoms with Crippen molar-refractivity contribution in [1.82, 2.24) is 0 Å². The lowest BCUT2D eigenvalue weighted by atomic mass is 9.80. The van der Waals surface area contributed by atoms with Gasteiger partial charge in [0, 0.05) is 22.5 Å². The van der Waals surface area contributed by atoms with Gasteiger partial charge in [-0.2, -0.15) is 0 Å². The van der Waals surface area contributed by atoms with E-state index in [1.165, 1.54) is 0 Å². The van der Waals surface area contributed by atoms with E-state index in [-0.39, 0.29) is 37.6 Å². The Labute approximate surface area is 404 Å². The Hall–Kier alpha value is -4.11. The lowest BCUT2D eigenvalue weighted by molar-refractivity contribution is -0.161. The van der Waals surface area contributed by atoms with Crippen LogP contribution < -0.4 is 15.1 Å². The average molecular weight is 949 g/mol. The van der Waals surface area contributed by atoms with Crippen LogP contribution in [-0.4, -0.2) is 87.2 Å². The minimum absolute atomic E-state index is 0.0881. The van der Waals surface area contributed by atoms with E-state index in [0.717, 1.165) is 32.1 Å². The van der Waals surface area contributed by atoms with Gasteiger partial charge in [-0.3, -0.25) is 0 Å². The molecule has 2 N–H and O–H groups in total. The van der Waals surface area contributed by atoms with Gasteiger partial charge in [-0.1, -0.05) is 162 Å². The van der Waals surface area contributed by atoms with Crippen LogP contribution in [0.15, 0.2) is 162 Å². The lowest BCUT2D eigenvalue weighted by Gasteiger charge is -2.43. The van der Waals surface area contributed by atoms with Crippen molar-refractivity contribution in [2.24, 2.45) is 5.41 Å². The van der Waals surface area contributed by atoms with Crippen LogP contribution in [0.25, 0.3) is 0 Å². The number of hydrogen-bond acceptors (Lipinski definition) is 10. The molecular formula is C56H72O9SSi. The molecule has 6 atom stereocenters. The second kappa shape index (κ2) is 23.9. The molecule has 0 aromatic heterocycles. The molecule has 0 saturated carbocycles. The molecule has 360 valence electrons. The highest BCUT2D eigenvalue weighted by atomic mass is 32.2. The van der Waals surface area contributed by atoms with Gasteiger partial charge < -0.3 is 43.1 Å². The van der Waals surface area contributed by atoms with Crippen LogP contribution in [0, 0.1) is 5.41 Å². The van der Waals surface area contributed by atoms with Crippen LogP contribution in [0.1, 0.15) is 72.9 Å². The highest BCUT2D eigenvalue weighted by Gasteiger charge is 2.50. The van der Waals surface area contributed by atoms with Crippen molar-refractivity contribution in [3.05, 3.63) is 168 Å². The smallest absolute Gasteiger partial charge is 0.261 e. The molecule has 1 heterocycles. The molecule has 0 radical (unpaired) electrons. The van der Waals surface area contributed by atoms with Crippen molar-refractivity contribution in [2.75, 3.05) is 26.3 Å². The Balaban J connectivity index is 1.42. The fourth-order valence-electron chi connectivity index (χ4n) is 8.99. The Kier molecular flexibility index (Phi) is 18.7. The molecule has 0 unspecified atom stereocenters. The highest BCUT2D eigenvalue weighted by molar-refractivity contribution is 7.99. The third-order valence-corrected chi connectivity index (χ3v) is 18.9. The SMILES string of the molecule is COc1ccc(CO[C@H]([C@@H](O)/C(=C/CO[Si](c2ccccc2)(c2ccccc2)C(C)(C)C)[C@H](O)[C@@H](C[C@H]2OC(C)(C)O[C@@H]2C)OCOCc2ccccc2)C(C)(C)CSc2ccccc2)cc1. The van der Waals surface area contributed by atoms with Crippen molar-refractivity contribution in [3.63, 3.8) is 0 Å². The highest BCUT2D eigenvalue weighted by Crippen LogP contribution is 2.40. The summed E-state index contributed by atoms with van der Waals surface area (Å²) in [4.78, 5) is 1.10. The zero-order valence-electron chi connectivity index (χ0n) is 40.8. The predicted molar refractivity (Wildman–Crippen MR) is 271 cm³/mol. The quantitative estimate of drug-likeness (QED) is 0.0204. The molecule has 5 aromatic carbocycles. The third kappa shape index (κ3) is 14.0. The second-order valence-electron chi connectivity index (χ2n) is 19.5. The van der Waals surface area contributed by atoms with E-state index in [4.69, 9.17) is 32.8 Å². The van der Waals surface area contributed by atoms with Crippen LogP contribution in [0.3, 0.4) is 0 Å². The fraction of sp³-hybridized carbons (Fsp3) is 0.429. The maximum absolute atomic E-state index is 13.2. The fourth-order valence-corrected chi connectivity index (χ4v) is 14.5. The Morgan fingerprint density at radius 3 is 1.81 bits per heavy atom. The first kappa shape index (κ1) is 52.3. The summed E-state index contributed by atoms with van der Waals surface area (Å²) >= 11 is 1.70. The molecular weight excluding hydrogens is 877 g/mol. The third-order valence-electron chi connectivity index (χ3n) is 12.4. The van der Waals surface area contributed by atoms with E-state index in [1.54, 1.807) is 18.9 Å². The average Bonchev–Trinajstić information content (AvgIpc) is 3.59. The van der Waals surface area contributed by atoms with Gasteiger partial charge in [0.05, 0.1) is 51.3 Å². The van der Waals surface area contributed by atoms with Crippen LogP contribution in [0.4, 0.5) is 0 Å². The normalized spacial score (nSPS) is 18.6. The van der Waals surface area contributed by atoms with Crippen molar-refractivity contribution in [3.8, 4) is 5.75 Å². The van der Waals surface area contributed by atoms with Gasteiger partial charge >= 0.3 is 0 Å². The van der Waals surface area contributed by atoms with Crippen LogP contribution in [0.2, 0.25) is 5.04 Å². The minimum Gasteiger partial charge on any atom is -0.497 e. The number of aliphatic hydroxyl groups is 2. The standard InChI is InChI=1S/C56H72O9SSi/c1-41-49(65-56(7,8)64-41)36-50(62-40-60-37-42-22-14-10-15-23-42)51(57)48(34-35-63-67(54(2,3)4,46-26-18-12-19-27-46)47-28-20-13-21-29-47)52(58)53(61-38-43-30-32-44(59-9)33-31-43)55(5,6)39-66-45-24-16-11-17-25-45/h10-34,41,49-53,57-58H,35-40H2,1-9H3/b48-34+/t41-,49-,50-,51+,52+,53-/m1/s1. The molecule has 1 saturated heterocycles. The monoisotopic (exact) mass is 948 g/mol. The molecule has 67 heavy (non-hydrogen) atoms. The summed E-state index contributed by atoms with van der Waals surface area (Å²) in [5.74, 6) is 0.518. The molecule has 1 fully saturated rings. The molecule has 0 bridgehead atoms. The van der Waals surface area contributed by atoms with Gasteiger partial charge in [-0.05, 0) is 77.1 Å². The van der Waals surface area contributed by atoms with Crippen LogP contribution >= 0.6 is 11.8 Å². The summed E-state index contributed by atoms with van der Waals surface area (Å²) in [5, 5.41) is 28.1. The first-order valence-electron chi connectivity index (χ1n) is 23.4. The summed E-state index contributed by atoms with van der Waals surface area (Å²) in [6.45, 7) is 17.1. The van der Waals surface area contributed by atoms with Gasteiger partial charge in [0.25, 0.3) is 8.32 Å². The van der Waals surface area contributed by atoms with E-state index < -0.39 is 50.0 Å². The summed E-state index contributed by atoms with van der Waals surface area (Å²) in [7, 11) is -1.41. The van der Waals surface area contributed by atoms with E-state index in [1.807, 2.05) is 112 Å². The van der Waals surface area contributed by atoms with Gasteiger partial charge in [-0.15, -0.1) is 11.8 Å². The van der Waals surface area contributed by atoms with Crippen molar-refractivity contribution >= 4 is 30.5 Å². The molecule has 0 spiro atoms. The number of aliphatic hydroxyl groups excluding tert-OH is 2. The first-order chi connectivity index (χ1) is 32.0. The molecule has 6 rings (SSSR count). The second-order valence-corrected chi connectivity index (χ2v) is 24.9. The van der Waals surface area contributed by atoms with Crippen LogP contribution in [0.5, 0.6) is 5.75 Å². The molecule has 1 aliphatic heterocycles. The van der Waals surface area contributed by atoms with Gasteiger partial charge in [0.15, 0.2) is 5.79 Å². The number of thioether (sulfide) groups is 1. The molecule has 9 nitrogen and oxygen atoms in total. The molecule has 0 amide bonds. The maximum atomic E-state index is 13.2. The maximum Gasteiger partial charge on any atom is 0.261 e. The number of hydrogen-bond donors (Lipinski definition) is 2. The number of rotatable bonds is 24. The zero-order valence-corrected chi connectivity index (χ0v) is 42.6. The van der Waals surface area contributed by atoms with Crippen molar-refractivity contribution in [1.29, 1.82) is 0 Å². The van der Waals surface area contributed by atoms with Gasteiger partial charge in [0.1, 0.15) is 24.8 Å². The Morgan fingerprint density at radius 1 is 0.716 bits per heavy atom. The molecule has 0 aliphatic carbocycles. The number of methoxy groups -OCH3 is 1. The minimum atomic E-state index is -3.05. The predicted octanol–water partition coefficient (Wildman–Crippen LogP) is 10.1. The summed E-state index contributed by atoms with van der Waals surface area (Å²) in [6.07, 6.45) is -2.95. The summed E-state index contributed by atoms with van der Waals surface area (Å²) < 4.78 is 44.9. The van der Waals surface area contributed by atoms with Crippen LogP contribution in [-0.2, 0) is 41.3 Å². The van der Waals surface area contributed by atoms with Crippen molar-refractivity contribution < 1.29 is 43.1 Å². The van der Waals surface area contributed by atoms with Gasteiger partial charge in [-0.25, -0.2) is 0 Å². The topological polar surface area (TPSA) is 105 Å². The Bertz CT molecular complexity index is 2200. The largest absolute Gasteiger partial charge is 0.497 e.